The van der Waals surface area contributed by atoms with Crippen molar-refractivity contribution in [2.75, 3.05) is 7.11 Å². The van der Waals surface area contributed by atoms with Crippen LogP contribution in [0.1, 0.15) is 12.0 Å². The summed E-state index contributed by atoms with van der Waals surface area (Å²) in [5.41, 5.74) is 0.439. The number of aliphatic carboxylic acids is 1. The van der Waals surface area contributed by atoms with Crippen LogP contribution in [0.3, 0.4) is 0 Å². The van der Waals surface area contributed by atoms with Crippen molar-refractivity contribution < 1.29 is 39.2 Å². The van der Waals surface area contributed by atoms with Crippen LogP contribution < -0.4 is 4.74 Å². The highest BCUT2D eigenvalue weighted by Crippen LogP contribution is 2.27. The molecule has 1 aromatic rings. The molecule has 0 aromatic heterocycles. The highest BCUT2D eigenvalue weighted by atomic mass is 16.6. The second-order valence-electron chi connectivity index (χ2n) is 4.12. The van der Waals surface area contributed by atoms with Crippen LogP contribution in [-0.2, 0) is 19.1 Å². The average Bonchev–Trinajstić information content (AvgIpc) is 2.46. The van der Waals surface area contributed by atoms with Gasteiger partial charge in [0.2, 0.25) is 0 Å². The molecule has 0 saturated heterocycles. The molecule has 0 radical (unpaired) electrons. The van der Waals surface area contributed by atoms with Crippen molar-refractivity contribution in [1.82, 2.24) is 0 Å². The largest absolute Gasteiger partial charge is 0.504 e. The topological polar surface area (TPSA) is 130 Å². The van der Waals surface area contributed by atoms with Crippen LogP contribution in [0.25, 0.3) is 6.08 Å². The van der Waals surface area contributed by atoms with Gasteiger partial charge < -0.3 is 24.8 Å². The number of carbonyl (C=O) groups excluding carboxylic acids is 2. The number of aromatic hydroxyl groups is 1. The number of aliphatic hydroxyl groups excluding tert-OH is 1. The molecule has 0 fully saturated rings. The van der Waals surface area contributed by atoms with Crippen molar-refractivity contribution in [3.63, 3.8) is 0 Å². The van der Waals surface area contributed by atoms with E-state index < -0.39 is 36.2 Å². The summed E-state index contributed by atoms with van der Waals surface area (Å²) in [6.07, 6.45) is -0.136. The SMILES string of the molecule is COC(=O)/C=C/c1ccc(OC(=O)C(O)CC(=O)O)c(O)c1. The van der Waals surface area contributed by atoms with Crippen molar-refractivity contribution >= 4 is 24.0 Å². The standard InChI is InChI=1S/C14H14O8/c1-21-13(19)5-3-8-2-4-11(9(15)6-8)22-14(20)10(16)7-12(17)18/h2-6,10,15-16H,7H2,1H3,(H,17,18)/b5-3+. The first kappa shape index (κ1) is 17.2. The Bertz CT molecular complexity index is 605. The van der Waals surface area contributed by atoms with Crippen molar-refractivity contribution in [2.24, 2.45) is 0 Å². The molecule has 0 aliphatic carbocycles. The monoisotopic (exact) mass is 310 g/mol. The molecular formula is C14H14O8. The average molecular weight is 310 g/mol. The molecule has 0 aliphatic rings. The summed E-state index contributed by atoms with van der Waals surface area (Å²) in [4.78, 5) is 32.7. The maximum absolute atomic E-state index is 11.4. The molecule has 1 aromatic carbocycles. The number of ether oxygens (including phenoxy) is 2. The normalized spacial score (nSPS) is 11.9. The number of esters is 2. The second kappa shape index (κ2) is 7.79. The molecule has 0 bridgehead atoms. The molecule has 8 heteroatoms. The molecule has 1 atom stereocenters. The molecule has 1 rings (SSSR count). The first-order chi connectivity index (χ1) is 10.3. The fourth-order valence-electron chi connectivity index (χ4n) is 1.38. The Morgan fingerprint density at radius 2 is 2.00 bits per heavy atom. The van der Waals surface area contributed by atoms with Gasteiger partial charge in [0.15, 0.2) is 17.6 Å². The number of methoxy groups -OCH3 is 1. The fourth-order valence-corrected chi connectivity index (χ4v) is 1.38. The van der Waals surface area contributed by atoms with Crippen molar-refractivity contribution in [3.8, 4) is 11.5 Å². The number of aliphatic hydroxyl groups is 1. The summed E-state index contributed by atoms with van der Waals surface area (Å²) in [6.45, 7) is 0. The summed E-state index contributed by atoms with van der Waals surface area (Å²) < 4.78 is 9.09. The van der Waals surface area contributed by atoms with Crippen LogP contribution in [0.5, 0.6) is 11.5 Å². The number of benzene rings is 1. The van der Waals surface area contributed by atoms with Crippen LogP contribution in [0.15, 0.2) is 24.3 Å². The van der Waals surface area contributed by atoms with Gasteiger partial charge >= 0.3 is 17.9 Å². The van der Waals surface area contributed by atoms with Crippen molar-refractivity contribution in [2.45, 2.75) is 12.5 Å². The van der Waals surface area contributed by atoms with Gasteiger partial charge in [0.05, 0.1) is 13.5 Å². The summed E-state index contributed by atoms with van der Waals surface area (Å²) in [7, 11) is 1.22. The maximum Gasteiger partial charge on any atom is 0.341 e. The molecule has 8 nitrogen and oxygen atoms in total. The van der Waals surface area contributed by atoms with Gasteiger partial charge in [-0.2, -0.15) is 0 Å². The lowest BCUT2D eigenvalue weighted by Crippen LogP contribution is -2.28. The highest BCUT2D eigenvalue weighted by Gasteiger charge is 2.21. The predicted molar refractivity (Wildman–Crippen MR) is 73.1 cm³/mol. The van der Waals surface area contributed by atoms with Crippen molar-refractivity contribution in [1.29, 1.82) is 0 Å². The Balaban J connectivity index is 2.78. The first-order valence-corrected chi connectivity index (χ1v) is 6.04. The molecule has 1 unspecified atom stereocenters. The molecule has 0 saturated carbocycles. The van der Waals surface area contributed by atoms with E-state index in [1.807, 2.05) is 0 Å². The molecular weight excluding hydrogens is 296 g/mol. The second-order valence-corrected chi connectivity index (χ2v) is 4.12. The number of rotatable bonds is 6. The van der Waals surface area contributed by atoms with Crippen LogP contribution >= 0.6 is 0 Å². The third-order valence-corrected chi connectivity index (χ3v) is 2.45. The van der Waals surface area contributed by atoms with Gasteiger partial charge in [-0.15, -0.1) is 0 Å². The third kappa shape index (κ3) is 5.25. The zero-order valence-electron chi connectivity index (χ0n) is 11.6. The van der Waals surface area contributed by atoms with E-state index in [1.54, 1.807) is 0 Å². The van der Waals surface area contributed by atoms with Crippen LogP contribution in [0.2, 0.25) is 0 Å². The van der Waals surface area contributed by atoms with Crippen LogP contribution in [-0.4, -0.2) is 46.4 Å². The van der Waals surface area contributed by atoms with Crippen LogP contribution in [0.4, 0.5) is 0 Å². The van der Waals surface area contributed by atoms with Crippen LogP contribution in [0, 0.1) is 0 Å². The number of phenols is 1. The third-order valence-electron chi connectivity index (χ3n) is 2.45. The minimum Gasteiger partial charge on any atom is -0.504 e. The number of hydrogen-bond donors (Lipinski definition) is 3. The minimum absolute atomic E-state index is 0.246. The lowest BCUT2D eigenvalue weighted by molar-refractivity contribution is -0.151. The molecule has 0 amide bonds. The number of phenolic OH excluding ortho intramolecular Hbond substituents is 1. The lowest BCUT2D eigenvalue weighted by Gasteiger charge is -2.10. The minimum atomic E-state index is -1.84. The molecule has 0 aliphatic heterocycles. The Hall–Kier alpha value is -2.87. The molecule has 22 heavy (non-hydrogen) atoms. The molecule has 0 heterocycles. The van der Waals surface area contributed by atoms with Gasteiger partial charge in [-0.3, -0.25) is 4.79 Å². The number of carbonyl (C=O) groups is 3. The molecule has 118 valence electrons. The Morgan fingerprint density at radius 3 is 2.55 bits per heavy atom. The number of hydrogen-bond acceptors (Lipinski definition) is 7. The lowest BCUT2D eigenvalue weighted by atomic mass is 10.2. The molecule has 3 N–H and O–H groups in total. The zero-order valence-corrected chi connectivity index (χ0v) is 11.6. The van der Waals surface area contributed by atoms with E-state index in [4.69, 9.17) is 9.84 Å². The number of carboxylic acids is 1. The Kier molecular flexibility index (Phi) is 6.09. The van der Waals surface area contributed by atoms with E-state index in [9.17, 15) is 24.6 Å². The van der Waals surface area contributed by atoms with Gasteiger partial charge in [-0.05, 0) is 23.8 Å². The number of carboxylic acid groups (broad SMARTS) is 1. The summed E-state index contributed by atoms with van der Waals surface area (Å²) in [5, 5.41) is 27.4. The zero-order chi connectivity index (χ0) is 16.7. The van der Waals surface area contributed by atoms with E-state index in [0.29, 0.717) is 5.56 Å². The predicted octanol–water partition coefficient (Wildman–Crippen LogP) is 0.319. The smallest absolute Gasteiger partial charge is 0.341 e. The van der Waals surface area contributed by atoms with Gasteiger partial charge in [0.1, 0.15) is 0 Å². The van der Waals surface area contributed by atoms with E-state index in [2.05, 4.69) is 4.74 Å². The highest BCUT2D eigenvalue weighted by molar-refractivity contribution is 5.87. The molecule has 0 spiro atoms. The van der Waals surface area contributed by atoms with E-state index >= 15 is 0 Å². The van der Waals surface area contributed by atoms with Gasteiger partial charge in [0, 0.05) is 6.08 Å². The van der Waals surface area contributed by atoms with Gasteiger partial charge in [-0.1, -0.05) is 6.07 Å². The first-order valence-electron chi connectivity index (χ1n) is 6.04. The Labute approximate surface area is 125 Å². The van der Waals surface area contributed by atoms with E-state index in [-0.39, 0.29) is 5.75 Å². The van der Waals surface area contributed by atoms with Crippen molar-refractivity contribution in [3.05, 3.63) is 29.8 Å². The maximum atomic E-state index is 11.4. The van der Waals surface area contributed by atoms with E-state index in [1.165, 1.54) is 31.4 Å². The van der Waals surface area contributed by atoms with Gasteiger partial charge in [-0.25, -0.2) is 9.59 Å². The van der Waals surface area contributed by atoms with E-state index in [0.717, 1.165) is 6.08 Å². The Morgan fingerprint density at radius 1 is 1.32 bits per heavy atom. The fraction of sp³-hybridized carbons (Fsp3) is 0.214. The quantitative estimate of drug-likeness (QED) is 0.389. The summed E-state index contributed by atoms with van der Waals surface area (Å²) >= 11 is 0. The summed E-state index contributed by atoms with van der Waals surface area (Å²) in [6, 6.07) is 3.88. The summed E-state index contributed by atoms with van der Waals surface area (Å²) in [5.74, 6) is -3.80. The van der Waals surface area contributed by atoms with Gasteiger partial charge in [0.25, 0.3) is 0 Å².